The zero-order valence-electron chi connectivity index (χ0n) is 9.44. The van der Waals surface area contributed by atoms with E-state index in [4.69, 9.17) is 11.6 Å². The normalized spacial score (nSPS) is 10.7. The van der Waals surface area contributed by atoms with Crippen molar-refractivity contribution < 1.29 is 0 Å². The third kappa shape index (κ3) is 2.09. The average molecular weight is 236 g/mol. The van der Waals surface area contributed by atoms with Crippen LogP contribution in [0.5, 0.6) is 0 Å². The fraction of sp³-hybridized carbons (Fsp3) is 0.333. The van der Waals surface area contributed by atoms with E-state index in [0.717, 1.165) is 34.9 Å². The van der Waals surface area contributed by atoms with E-state index in [1.165, 1.54) is 0 Å². The maximum Gasteiger partial charge on any atom is 0.164 e. The van der Waals surface area contributed by atoms with Gasteiger partial charge in [-0.2, -0.15) is 0 Å². The summed E-state index contributed by atoms with van der Waals surface area (Å²) in [4.78, 5) is 0. The van der Waals surface area contributed by atoms with Crippen molar-refractivity contribution in [3.8, 4) is 11.4 Å². The molecule has 0 N–H and O–H groups in total. The first kappa shape index (κ1) is 11.1. The monoisotopic (exact) mass is 235 g/mol. The molecule has 0 saturated heterocycles. The highest BCUT2D eigenvalue weighted by Gasteiger charge is 2.09. The third-order valence-corrected chi connectivity index (χ3v) is 2.74. The van der Waals surface area contributed by atoms with Gasteiger partial charge >= 0.3 is 0 Å². The quantitative estimate of drug-likeness (QED) is 0.817. The first-order chi connectivity index (χ1) is 7.72. The molecule has 2 aromatic rings. The van der Waals surface area contributed by atoms with Crippen LogP contribution in [-0.4, -0.2) is 14.8 Å². The van der Waals surface area contributed by atoms with Gasteiger partial charge in [-0.05, 0) is 37.1 Å². The fourth-order valence-corrected chi connectivity index (χ4v) is 1.97. The second-order valence-corrected chi connectivity index (χ2v) is 4.24. The van der Waals surface area contributed by atoms with Gasteiger partial charge in [-0.15, -0.1) is 10.2 Å². The number of nitrogens with zero attached hydrogens (tertiary/aromatic N) is 3. The molecule has 0 radical (unpaired) electrons. The van der Waals surface area contributed by atoms with Crippen molar-refractivity contribution in [2.24, 2.45) is 0 Å². The molecule has 0 unspecified atom stereocenters. The lowest BCUT2D eigenvalue weighted by molar-refractivity contribution is 0.682. The van der Waals surface area contributed by atoms with Crippen LogP contribution in [0.3, 0.4) is 0 Å². The standard InChI is InChI=1S/C12H14ClN3/c1-3-6-16-8-14-15-12(16)11-5-4-10(13)7-9(11)2/h4-5,7-8H,3,6H2,1-2H3. The number of hydrogen-bond donors (Lipinski definition) is 0. The third-order valence-electron chi connectivity index (χ3n) is 2.51. The largest absolute Gasteiger partial charge is 0.314 e. The highest BCUT2D eigenvalue weighted by atomic mass is 35.5. The minimum atomic E-state index is 0.753. The molecule has 3 nitrogen and oxygen atoms in total. The van der Waals surface area contributed by atoms with Crippen LogP contribution in [0.25, 0.3) is 11.4 Å². The van der Waals surface area contributed by atoms with Gasteiger partial charge in [0.15, 0.2) is 5.82 Å². The molecule has 1 heterocycles. The van der Waals surface area contributed by atoms with Gasteiger partial charge in [-0.3, -0.25) is 0 Å². The zero-order chi connectivity index (χ0) is 11.5. The first-order valence-electron chi connectivity index (χ1n) is 5.36. The second-order valence-electron chi connectivity index (χ2n) is 3.81. The summed E-state index contributed by atoms with van der Waals surface area (Å²) < 4.78 is 2.07. The van der Waals surface area contributed by atoms with E-state index in [-0.39, 0.29) is 0 Å². The predicted octanol–water partition coefficient (Wildman–Crippen LogP) is 3.32. The topological polar surface area (TPSA) is 30.7 Å². The summed E-state index contributed by atoms with van der Waals surface area (Å²) in [6.07, 6.45) is 2.84. The van der Waals surface area contributed by atoms with Crippen molar-refractivity contribution in [3.63, 3.8) is 0 Å². The molecule has 0 aliphatic carbocycles. The van der Waals surface area contributed by atoms with Crippen molar-refractivity contribution in [2.75, 3.05) is 0 Å². The summed E-state index contributed by atoms with van der Waals surface area (Å²) >= 11 is 5.94. The van der Waals surface area contributed by atoms with E-state index in [1.54, 1.807) is 6.33 Å². The van der Waals surface area contributed by atoms with Gasteiger partial charge in [0.25, 0.3) is 0 Å². The molecule has 84 valence electrons. The van der Waals surface area contributed by atoms with Crippen molar-refractivity contribution >= 4 is 11.6 Å². The molecule has 0 aliphatic heterocycles. The lowest BCUT2D eigenvalue weighted by Gasteiger charge is -2.07. The highest BCUT2D eigenvalue weighted by molar-refractivity contribution is 6.30. The Morgan fingerprint density at radius 1 is 1.38 bits per heavy atom. The summed E-state index contributed by atoms with van der Waals surface area (Å²) in [5, 5.41) is 8.88. The summed E-state index contributed by atoms with van der Waals surface area (Å²) in [7, 11) is 0. The summed E-state index contributed by atoms with van der Waals surface area (Å²) in [6.45, 7) is 5.11. The fourth-order valence-electron chi connectivity index (χ4n) is 1.75. The van der Waals surface area contributed by atoms with Crippen molar-refractivity contribution in [1.82, 2.24) is 14.8 Å². The van der Waals surface area contributed by atoms with Crippen molar-refractivity contribution in [2.45, 2.75) is 26.8 Å². The number of aromatic nitrogens is 3. The lowest BCUT2D eigenvalue weighted by Crippen LogP contribution is -1.99. The summed E-state index contributed by atoms with van der Waals surface area (Å²) in [5.41, 5.74) is 2.22. The minimum Gasteiger partial charge on any atom is -0.314 e. The molecular weight excluding hydrogens is 222 g/mol. The molecular formula is C12H14ClN3. The van der Waals surface area contributed by atoms with Crippen LogP contribution >= 0.6 is 11.6 Å². The molecule has 0 atom stereocenters. The van der Waals surface area contributed by atoms with Crippen molar-refractivity contribution in [1.29, 1.82) is 0 Å². The number of rotatable bonds is 3. The van der Waals surface area contributed by atoms with E-state index in [0.29, 0.717) is 0 Å². The van der Waals surface area contributed by atoms with E-state index in [1.807, 2.05) is 25.1 Å². The number of aryl methyl sites for hydroxylation is 2. The van der Waals surface area contributed by atoms with E-state index in [9.17, 15) is 0 Å². The Labute approximate surface area is 100 Å². The molecule has 0 aliphatic rings. The van der Waals surface area contributed by atoms with E-state index >= 15 is 0 Å². The van der Waals surface area contributed by atoms with Gasteiger partial charge in [-0.25, -0.2) is 0 Å². The maximum atomic E-state index is 5.94. The van der Waals surface area contributed by atoms with Crippen LogP contribution in [0.15, 0.2) is 24.5 Å². The number of benzene rings is 1. The van der Waals surface area contributed by atoms with Crippen LogP contribution in [-0.2, 0) is 6.54 Å². The van der Waals surface area contributed by atoms with Crippen LogP contribution in [0.1, 0.15) is 18.9 Å². The van der Waals surface area contributed by atoms with Gasteiger partial charge in [0.2, 0.25) is 0 Å². The van der Waals surface area contributed by atoms with Gasteiger partial charge in [0.05, 0.1) is 0 Å². The highest BCUT2D eigenvalue weighted by Crippen LogP contribution is 2.24. The average Bonchev–Trinajstić information content (AvgIpc) is 2.67. The SMILES string of the molecule is CCCn1cnnc1-c1ccc(Cl)cc1C. The molecule has 0 saturated carbocycles. The van der Waals surface area contributed by atoms with E-state index in [2.05, 4.69) is 21.7 Å². The number of hydrogen-bond acceptors (Lipinski definition) is 2. The Balaban J connectivity index is 2.46. The molecule has 0 fully saturated rings. The molecule has 2 rings (SSSR count). The smallest absolute Gasteiger partial charge is 0.164 e. The summed E-state index contributed by atoms with van der Waals surface area (Å²) in [6, 6.07) is 5.82. The van der Waals surface area contributed by atoms with Crippen molar-refractivity contribution in [3.05, 3.63) is 35.1 Å². The lowest BCUT2D eigenvalue weighted by atomic mass is 10.1. The van der Waals surface area contributed by atoms with Crippen LogP contribution in [0, 0.1) is 6.92 Å². The van der Waals surface area contributed by atoms with Crippen LogP contribution < -0.4 is 0 Å². The molecule has 4 heteroatoms. The Morgan fingerprint density at radius 3 is 2.88 bits per heavy atom. The van der Waals surface area contributed by atoms with Gasteiger partial charge < -0.3 is 4.57 Å². The molecule has 1 aromatic carbocycles. The molecule has 0 amide bonds. The minimum absolute atomic E-state index is 0.753. The summed E-state index contributed by atoms with van der Waals surface area (Å²) in [5.74, 6) is 0.913. The molecule has 0 bridgehead atoms. The number of halogens is 1. The molecule has 0 spiro atoms. The van der Waals surface area contributed by atoms with Crippen LogP contribution in [0.4, 0.5) is 0 Å². The Bertz CT molecular complexity index is 491. The van der Waals surface area contributed by atoms with Crippen LogP contribution in [0.2, 0.25) is 5.02 Å². The van der Waals surface area contributed by atoms with Gasteiger partial charge in [0.1, 0.15) is 6.33 Å². The first-order valence-corrected chi connectivity index (χ1v) is 5.74. The Morgan fingerprint density at radius 2 is 2.19 bits per heavy atom. The Kier molecular flexibility index (Phi) is 3.25. The Hall–Kier alpha value is -1.35. The maximum absolute atomic E-state index is 5.94. The van der Waals surface area contributed by atoms with Gasteiger partial charge in [-0.1, -0.05) is 18.5 Å². The van der Waals surface area contributed by atoms with Gasteiger partial charge in [0, 0.05) is 17.1 Å². The molecule has 1 aromatic heterocycles. The second kappa shape index (κ2) is 4.66. The van der Waals surface area contributed by atoms with E-state index < -0.39 is 0 Å². The zero-order valence-corrected chi connectivity index (χ0v) is 10.2. The molecule has 16 heavy (non-hydrogen) atoms. The predicted molar refractivity (Wildman–Crippen MR) is 65.5 cm³/mol.